The maximum Gasteiger partial charge on any atom is 0.158 e. The number of rotatable bonds is 8. The summed E-state index contributed by atoms with van der Waals surface area (Å²) in [6, 6.07) is 0. The third-order valence-corrected chi connectivity index (χ3v) is 3.12. The van der Waals surface area contributed by atoms with Crippen LogP contribution in [0.5, 0.6) is 0 Å². The Hall–Kier alpha value is 0.210. The van der Waals surface area contributed by atoms with E-state index in [0.717, 1.165) is 6.42 Å². The van der Waals surface area contributed by atoms with Crippen LogP contribution in [-0.4, -0.2) is 24.9 Å². The van der Waals surface area contributed by atoms with Crippen LogP contribution in [0.3, 0.4) is 0 Å². The predicted octanol–water partition coefficient (Wildman–Crippen LogP) is 3.72. The SMILES string of the molecule is CCCCCCCC[C@@H]1OC[C@H](CCl)O1. The molecular formula is C12H23ClO2. The molecule has 1 aliphatic heterocycles. The van der Waals surface area contributed by atoms with Crippen molar-refractivity contribution in [2.45, 2.75) is 64.3 Å². The lowest BCUT2D eigenvalue weighted by molar-refractivity contribution is -0.0599. The van der Waals surface area contributed by atoms with Crippen LogP contribution in [0, 0.1) is 0 Å². The van der Waals surface area contributed by atoms with Gasteiger partial charge >= 0.3 is 0 Å². The Morgan fingerprint density at radius 2 is 1.87 bits per heavy atom. The van der Waals surface area contributed by atoms with E-state index in [1.807, 2.05) is 0 Å². The van der Waals surface area contributed by atoms with Crippen molar-refractivity contribution in [1.82, 2.24) is 0 Å². The second-order valence-electron chi connectivity index (χ2n) is 4.23. The van der Waals surface area contributed by atoms with Crippen LogP contribution in [0.4, 0.5) is 0 Å². The van der Waals surface area contributed by atoms with Gasteiger partial charge in [0.2, 0.25) is 0 Å². The van der Waals surface area contributed by atoms with E-state index in [2.05, 4.69) is 6.92 Å². The van der Waals surface area contributed by atoms with E-state index >= 15 is 0 Å². The second kappa shape index (κ2) is 8.37. The lowest BCUT2D eigenvalue weighted by Crippen LogP contribution is -2.13. The summed E-state index contributed by atoms with van der Waals surface area (Å²) in [6.07, 6.45) is 9.07. The minimum Gasteiger partial charge on any atom is -0.350 e. The number of alkyl halides is 1. The molecule has 2 nitrogen and oxygen atoms in total. The molecule has 0 aromatic heterocycles. The molecule has 0 aromatic carbocycles. The van der Waals surface area contributed by atoms with Crippen molar-refractivity contribution in [3.05, 3.63) is 0 Å². The summed E-state index contributed by atoms with van der Waals surface area (Å²) < 4.78 is 11.1. The smallest absolute Gasteiger partial charge is 0.158 e. The Morgan fingerprint density at radius 3 is 2.53 bits per heavy atom. The van der Waals surface area contributed by atoms with Gasteiger partial charge in [0.05, 0.1) is 18.6 Å². The van der Waals surface area contributed by atoms with Crippen LogP contribution in [0.2, 0.25) is 0 Å². The summed E-state index contributed by atoms with van der Waals surface area (Å²) in [5, 5.41) is 0. The fourth-order valence-corrected chi connectivity index (χ4v) is 1.99. The van der Waals surface area contributed by atoms with Gasteiger partial charge in [0.25, 0.3) is 0 Å². The van der Waals surface area contributed by atoms with E-state index in [-0.39, 0.29) is 12.4 Å². The highest BCUT2D eigenvalue weighted by Gasteiger charge is 2.24. The Bertz CT molecular complexity index is 153. The highest BCUT2D eigenvalue weighted by atomic mass is 35.5. The van der Waals surface area contributed by atoms with E-state index in [9.17, 15) is 0 Å². The Kier molecular flexibility index (Phi) is 7.41. The third-order valence-electron chi connectivity index (χ3n) is 2.78. The average Bonchev–Trinajstić information content (AvgIpc) is 2.71. The Labute approximate surface area is 98.3 Å². The fraction of sp³-hybridized carbons (Fsp3) is 1.00. The van der Waals surface area contributed by atoms with Gasteiger partial charge in [0, 0.05) is 0 Å². The molecule has 3 heteroatoms. The molecular weight excluding hydrogens is 212 g/mol. The number of hydrogen-bond donors (Lipinski definition) is 0. The number of unbranched alkanes of at least 4 members (excludes halogenated alkanes) is 5. The number of hydrogen-bond acceptors (Lipinski definition) is 2. The molecule has 0 bridgehead atoms. The Balaban J connectivity index is 1.88. The monoisotopic (exact) mass is 234 g/mol. The summed E-state index contributed by atoms with van der Waals surface area (Å²) in [5.41, 5.74) is 0. The van der Waals surface area contributed by atoms with Crippen molar-refractivity contribution in [3.8, 4) is 0 Å². The highest BCUT2D eigenvalue weighted by molar-refractivity contribution is 6.18. The van der Waals surface area contributed by atoms with Crippen molar-refractivity contribution in [1.29, 1.82) is 0 Å². The molecule has 0 radical (unpaired) electrons. The molecule has 0 spiro atoms. The van der Waals surface area contributed by atoms with Gasteiger partial charge in [-0.1, -0.05) is 39.0 Å². The topological polar surface area (TPSA) is 18.5 Å². The van der Waals surface area contributed by atoms with Gasteiger partial charge in [-0.3, -0.25) is 0 Å². The normalized spacial score (nSPS) is 26.0. The van der Waals surface area contributed by atoms with Gasteiger partial charge in [-0.2, -0.15) is 0 Å². The van der Waals surface area contributed by atoms with Crippen LogP contribution in [-0.2, 0) is 9.47 Å². The standard InChI is InChI=1S/C12H23ClO2/c1-2-3-4-5-6-7-8-12-14-10-11(9-13)15-12/h11-12H,2-10H2,1H3/t11-,12+/m0/s1. The minimum atomic E-state index is 0.0138. The van der Waals surface area contributed by atoms with Crippen LogP contribution in [0.1, 0.15) is 51.9 Å². The molecule has 0 unspecified atom stereocenters. The zero-order chi connectivity index (χ0) is 10.9. The molecule has 1 heterocycles. The van der Waals surface area contributed by atoms with E-state index in [0.29, 0.717) is 12.5 Å². The quantitative estimate of drug-likeness (QED) is 0.471. The van der Waals surface area contributed by atoms with Gasteiger partial charge in [0.15, 0.2) is 6.29 Å². The molecule has 0 N–H and O–H groups in total. The van der Waals surface area contributed by atoms with Gasteiger partial charge in [-0.15, -0.1) is 11.6 Å². The van der Waals surface area contributed by atoms with Crippen molar-refractivity contribution in [3.63, 3.8) is 0 Å². The largest absolute Gasteiger partial charge is 0.350 e. The maximum atomic E-state index is 5.69. The molecule has 1 rings (SSSR count). The van der Waals surface area contributed by atoms with Gasteiger partial charge in [-0.25, -0.2) is 0 Å². The molecule has 90 valence electrons. The molecule has 2 atom stereocenters. The molecule has 1 saturated heterocycles. The van der Waals surface area contributed by atoms with Crippen LogP contribution >= 0.6 is 11.6 Å². The van der Waals surface area contributed by atoms with Crippen molar-refractivity contribution >= 4 is 11.6 Å². The number of ether oxygens (including phenoxy) is 2. The van der Waals surface area contributed by atoms with Crippen LogP contribution in [0.15, 0.2) is 0 Å². The first-order valence-corrected chi connectivity index (χ1v) is 6.73. The van der Waals surface area contributed by atoms with Gasteiger partial charge in [-0.05, 0) is 12.8 Å². The molecule has 0 amide bonds. The van der Waals surface area contributed by atoms with Crippen molar-refractivity contribution in [2.75, 3.05) is 12.5 Å². The molecule has 15 heavy (non-hydrogen) atoms. The zero-order valence-electron chi connectivity index (χ0n) is 9.71. The first-order chi connectivity index (χ1) is 7.36. The molecule has 1 aliphatic rings. The van der Waals surface area contributed by atoms with E-state index in [1.165, 1.54) is 38.5 Å². The van der Waals surface area contributed by atoms with Crippen LogP contribution in [0.25, 0.3) is 0 Å². The van der Waals surface area contributed by atoms with E-state index in [4.69, 9.17) is 21.1 Å². The van der Waals surface area contributed by atoms with Crippen LogP contribution < -0.4 is 0 Å². The first-order valence-electron chi connectivity index (χ1n) is 6.19. The third kappa shape index (κ3) is 5.74. The molecule has 0 aliphatic carbocycles. The average molecular weight is 235 g/mol. The highest BCUT2D eigenvalue weighted by Crippen LogP contribution is 2.18. The van der Waals surface area contributed by atoms with Gasteiger partial charge < -0.3 is 9.47 Å². The molecule has 1 fully saturated rings. The second-order valence-corrected chi connectivity index (χ2v) is 4.54. The maximum absolute atomic E-state index is 5.69. The summed E-state index contributed by atoms with van der Waals surface area (Å²) >= 11 is 5.69. The summed E-state index contributed by atoms with van der Waals surface area (Å²) in [5.74, 6) is 0.549. The number of halogens is 1. The van der Waals surface area contributed by atoms with E-state index < -0.39 is 0 Å². The molecule has 0 aromatic rings. The lowest BCUT2D eigenvalue weighted by atomic mass is 10.1. The Morgan fingerprint density at radius 1 is 1.13 bits per heavy atom. The summed E-state index contributed by atoms with van der Waals surface area (Å²) in [6.45, 7) is 2.91. The van der Waals surface area contributed by atoms with Gasteiger partial charge in [0.1, 0.15) is 0 Å². The fourth-order valence-electron chi connectivity index (χ4n) is 1.83. The summed E-state index contributed by atoms with van der Waals surface area (Å²) in [4.78, 5) is 0. The first kappa shape index (κ1) is 13.3. The van der Waals surface area contributed by atoms with E-state index in [1.54, 1.807) is 0 Å². The molecule has 0 saturated carbocycles. The summed E-state index contributed by atoms with van der Waals surface area (Å²) in [7, 11) is 0. The van der Waals surface area contributed by atoms with Crippen molar-refractivity contribution < 1.29 is 9.47 Å². The van der Waals surface area contributed by atoms with Crippen molar-refractivity contribution in [2.24, 2.45) is 0 Å². The minimum absolute atomic E-state index is 0.0138. The zero-order valence-corrected chi connectivity index (χ0v) is 10.5. The lowest BCUT2D eigenvalue weighted by Gasteiger charge is -2.09. The predicted molar refractivity (Wildman–Crippen MR) is 63.3 cm³/mol.